The van der Waals surface area contributed by atoms with Gasteiger partial charge in [0.05, 0.1) is 6.04 Å². The topological polar surface area (TPSA) is 81.3 Å². The van der Waals surface area contributed by atoms with E-state index in [-0.39, 0.29) is 17.8 Å². The van der Waals surface area contributed by atoms with Crippen LogP contribution in [-0.2, 0) is 4.74 Å². The van der Waals surface area contributed by atoms with E-state index in [2.05, 4.69) is 72.0 Å². The molecular weight excluding hydrogens is 528 g/mol. The molecule has 6 aromatic carbocycles. The van der Waals surface area contributed by atoms with Gasteiger partial charge in [0.15, 0.2) is 0 Å². The standard InChI is InChI=1S/C38H28N4O/c39-36(26-14-5-2-6-15-26)43-37(40)35-24-34(25-12-3-1-4-13-25)41-38(42-35)29-18-11-17-27(22-29)33-23-28-16-7-8-19-30(28)31-20-9-10-21-32(31)33/h1-24,34,39-40H,(H,41,42). The Morgan fingerprint density at radius 1 is 0.605 bits per heavy atom. The highest BCUT2D eigenvalue weighted by Gasteiger charge is 2.23. The number of ether oxygens (including phenoxy) is 1. The molecule has 1 aliphatic heterocycles. The van der Waals surface area contributed by atoms with Gasteiger partial charge in [-0.2, -0.15) is 0 Å². The number of hydrogen-bond acceptors (Lipinski definition) is 5. The normalized spacial score (nSPS) is 14.5. The fourth-order valence-corrected chi connectivity index (χ4v) is 5.58. The van der Waals surface area contributed by atoms with Gasteiger partial charge in [-0.15, -0.1) is 0 Å². The van der Waals surface area contributed by atoms with Crippen LogP contribution in [0.5, 0.6) is 0 Å². The van der Waals surface area contributed by atoms with E-state index in [4.69, 9.17) is 20.5 Å². The van der Waals surface area contributed by atoms with Crippen LogP contribution in [0, 0.1) is 10.8 Å². The van der Waals surface area contributed by atoms with Crippen LogP contribution in [0.25, 0.3) is 32.7 Å². The second kappa shape index (κ2) is 11.2. The quantitative estimate of drug-likeness (QED) is 0.113. The smallest absolute Gasteiger partial charge is 0.239 e. The predicted octanol–water partition coefficient (Wildman–Crippen LogP) is 8.65. The highest BCUT2D eigenvalue weighted by atomic mass is 16.5. The van der Waals surface area contributed by atoms with Gasteiger partial charge in [-0.05, 0) is 68.6 Å². The summed E-state index contributed by atoms with van der Waals surface area (Å²) in [7, 11) is 0. The number of amidine groups is 1. The summed E-state index contributed by atoms with van der Waals surface area (Å²) in [5.74, 6) is 0.367. The van der Waals surface area contributed by atoms with Crippen molar-refractivity contribution in [2.24, 2.45) is 4.99 Å². The Hall–Kier alpha value is -5.81. The van der Waals surface area contributed by atoms with Crippen LogP contribution in [0.15, 0.2) is 156 Å². The third-order valence-corrected chi connectivity index (χ3v) is 7.70. The first-order chi connectivity index (χ1) is 21.1. The summed E-state index contributed by atoms with van der Waals surface area (Å²) in [6, 6.07) is 46.6. The SMILES string of the molecule is N=C(OC(=N)c1ccccc1)C1=CC(c2ccccc2)NC(c2cccc(-c3cc4ccccc4c4ccccc34)c2)=N1. The number of nitrogens with zero attached hydrogens (tertiary/aromatic N) is 1. The highest BCUT2D eigenvalue weighted by Crippen LogP contribution is 2.35. The Balaban J connectivity index is 1.29. The van der Waals surface area contributed by atoms with E-state index >= 15 is 0 Å². The van der Waals surface area contributed by atoms with Gasteiger partial charge < -0.3 is 10.1 Å². The van der Waals surface area contributed by atoms with Gasteiger partial charge in [0.25, 0.3) is 0 Å². The first kappa shape index (κ1) is 26.1. The molecule has 0 saturated heterocycles. The number of rotatable bonds is 5. The van der Waals surface area contributed by atoms with Crippen molar-refractivity contribution in [2.45, 2.75) is 6.04 Å². The van der Waals surface area contributed by atoms with Crippen LogP contribution in [0.1, 0.15) is 22.7 Å². The average molecular weight is 557 g/mol. The zero-order valence-corrected chi connectivity index (χ0v) is 23.3. The third-order valence-electron chi connectivity index (χ3n) is 7.70. The van der Waals surface area contributed by atoms with E-state index < -0.39 is 0 Å². The summed E-state index contributed by atoms with van der Waals surface area (Å²) in [6.07, 6.45) is 1.88. The molecule has 0 spiro atoms. The van der Waals surface area contributed by atoms with Crippen LogP contribution < -0.4 is 5.32 Å². The molecule has 0 fully saturated rings. The van der Waals surface area contributed by atoms with Crippen LogP contribution in [0.3, 0.4) is 0 Å². The fourth-order valence-electron chi connectivity index (χ4n) is 5.58. The molecule has 0 aliphatic carbocycles. The predicted molar refractivity (Wildman–Crippen MR) is 176 cm³/mol. The summed E-state index contributed by atoms with van der Waals surface area (Å²) in [6.45, 7) is 0. The van der Waals surface area contributed by atoms with Crippen molar-refractivity contribution in [1.82, 2.24) is 5.32 Å². The molecule has 0 bridgehead atoms. The molecule has 3 N–H and O–H groups in total. The number of benzene rings is 6. The Morgan fingerprint density at radius 3 is 2.05 bits per heavy atom. The lowest BCUT2D eigenvalue weighted by Crippen LogP contribution is -2.33. The summed E-state index contributed by atoms with van der Waals surface area (Å²) in [5.41, 5.74) is 5.12. The molecule has 0 radical (unpaired) electrons. The molecule has 0 amide bonds. The van der Waals surface area contributed by atoms with Gasteiger partial charge in [-0.25, -0.2) is 4.99 Å². The summed E-state index contributed by atoms with van der Waals surface area (Å²) in [4.78, 5) is 4.84. The molecule has 1 heterocycles. The number of aliphatic imine (C=N–C) groups is 1. The van der Waals surface area contributed by atoms with Crippen molar-refractivity contribution in [2.75, 3.05) is 0 Å². The van der Waals surface area contributed by atoms with E-state index in [0.717, 1.165) is 22.3 Å². The maximum absolute atomic E-state index is 8.75. The summed E-state index contributed by atoms with van der Waals surface area (Å²) < 4.78 is 5.69. The van der Waals surface area contributed by atoms with E-state index in [9.17, 15) is 0 Å². The van der Waals surface area contributed by atoms with Crippen molar-refractivity contribution in [3.8, 4) is 11.1 Å². The fraction of sp³-hybridized carbons (Fsp3) is 0.0263. The van der Waals surface area contributed by atoms with Gasteiger partial charge in [0.1, 0.15) is 11.5 Å². The average Bonchev–Trinajstić information content (AvgIpc) is 3.08. The van der Waals surface area contributed by atoms with Gasteiger partial charge in [-0.1, -0.05) is 115 Å². The molecule has 0 saturated carbocycles. The van der Waals surface area contributed by atoms with Gasteiger partial charge >= 0.3 is 0 Å². The number of nitrogens with one attached hydrogen (secondary N) is 3. The maximum Gasteiger partial charge on any atom is 0.239 e. The van der Waals surface area contributed by atoms with Crippen molar-refractivity contribution in [3.63, 3.8) is 0 Å². The van der Waals surface area contributed by atoms with Crippen molar-refractivity contribution in [1.29, 1.82) is 10.8 Å². The molecule has 0 aromatic heterocycles. The number of hydrogen-bond donors (Lipinski definition) is 3. The molecule has 6 aromatic rings. The summed E-state index contributed by atoms with van der Waals surface area (Å²) in [5, 5.41) is 25.5. The van der Waals surface area contributed by atoms with Crippen molar-refractivity contribution < 1.29 is 4.74 Å². The third kappa shape index (κ3) is 5.20. The maximum atomic E-state index is 8.75. The molecule has 206 valence electrons. The van der Waals surface area contributed by atoms with Crippen molar-refractivity contribution >= 4 is 39.2 Å². The lowest BCUT2D eigenvalue weighted by Gasteiger charge is -2.24. The summed E-state index contributed by atoms with van der Waals surface area (Å²) >= 11 is 0. The number of fused-ring (bicyclic) bond motifs is 3. The van der Waals surface area contributed by atoms with Crippen LogP contribution in [0.2, 0.25) is 0 Å². The second-order valence-electron chi connectivity index (χ2n) is 10.4. The molecule has 5 nitrogen and oxygen atoms in total. The van der Waals surface area contributed by atoms with E-state index in [1.54, 1.807) is 12.1 Å². The van der Waals surface area contributed by atoms with E-state index in [0.29, 0.717) is 17.1 Å². The minimum Gasteiger partial charge on any atom is -0.419 e. The molecule has 1 unspecified atom stereocenters. The molecule has 1 atom stereocenters. The first-order valence-electron chi connectivity index (χ1n) is 14.2. The monoisotopic (exact) mass is 556 g/mol. The zero-order valence-electron chi connectivity index (χ0n) is 23.3. The van der Waals surface area contributed by atoms with E-state index in [1.807, 2.05) is 66.7 Å². The Bertz CT molecular complexity index is 2060. The molecule has 43 heavy (non-hydrogen) atoms. The lowest BCUT2D eigenvalue weighted by molar-refractivity contribution is 0.533. The van der Waals surface area contributed by atoms with Gasteiger partial charge in [0, 0.05) is 11.1 Å². The molecular formula is C38H28N4O. The largest absolute Gasteiger partial charge is 0.419 e. The van der Waals surface area contributed by atoms with Crippen LogP contribution in [0.4, 0.5) is 0 Å². The lowest BCUT2D eigenvalue weighted by atomic mass is 9.92. The zero-order chi connectivity index (χ0) is 29.2. The second-order valence-corrected chi connectivity index (χ2v) is 10.4. The van der Waals surface area contributed by atoms with Gasteiger partial charge in [-0.3, -0.25) is 10.8 Å². The molecule has 5 heteroatoms. The Labute approximate surface area is 249 Å². The van der Waals surface area contributed by atoms with Crippen LogP contribution >= 0.6 is 0 Å². The highest BCUT2D eigenvalue weighted by molar-refractivity contribution is 6.14. The Kier molecular flexibility index (Phi) is 6.82. The van der Waals surface area contributed by atoms with Gasteiger partial charge in [0.2, 0.25) is 11.8 Å². The molecule has 1 aliphatic rings. The van der Waals surface area contributed by atoms with Crippen molar-refractivity contribution in [3.05, 3.63) is 168 Å². The van der Waals surface area contributed by atoms with Crippen LogP contribution in [-0.4, -0.2) is 17.6 Å². The Morgan fingerprint density at radius 2 is 1.26 bits per heavy atom. The first-order valence-corrected chi connectivity index (χ1v) is 14.2. The minimum atomic E-state index is -0.233. The minimum absolute atomic E-state index is 0.0942. The molecule has 7 rings (SSSR count). The van der Waals surface area contributed by atoms with E-state index in [1.165, 1.54) is 21.5 Å².